The van der Waals surface area contributed by atoms with Gasteiger partial charge < -0.3 is 19.6 Å². The van der Waals surface area contributed by atoms with Crippen LogP contribution in [-0.2, 0) is 22.6 Å². The Morgan fingerprint density at radius 3 is 2.33 bits per heavy atom. The maximum Gasteiger partial charge on any atom is 0.255 e. The van der Waals surface area contributed by atoms with E-state index < -0.39 is 11.9 Å². The molecule has 3 unspecified atom stereocenters. The number of imide groups is 1. The maximum absolute atomic E-state index is 13.1. The first-order chi connectivity index (χ1) is 27.7. The molecule has 9 nitrogen and oxygen atoms in total. The van der Waals surface area contributed by atoms with E-state index in [9.17, 15) is 19.5 Å². The van der Waals surface area contributed by atoms with Gasteiger partial charge in [-0.05, 0) is 128 Å². The van der Waals surface area contributed by atoms with Crippen LogP contribution in [0.5, 0.6) is 11.5 Å². The third-order valence-corrected chi connectivity index (χ3v) is 13.5. The number of hydrogen-bond acceptors (Lipinski definition) is 7. The van der Waals surface area contributed by atoms with Crippen LogP contribution < -0.4 is 15.0 Å². The van der Waals surface area contributed by atoms with Gasteiger partial charge in [-0.3, -0.25) is 24.6 Å². The Morgan fingerprint density at radius 1 is 0.825 bits per heavy atom. The van der Waals surface area contributed by atoms with Crippen molar-refractivity contribution in [1.82, 2.24) is 15.1 Å². The molecule has 4 aromatic rings. The van der Waals surface area contributed by atoms with Crippen molar-refractivity contribution in [3.8, 4) is 11.5 Å². The van der Waals surface area contributed by atoms with Crippen LogP contribution >= 0.6 is 0 Å². The minimum Gasteiger partial charge on any atom is -0.508 e. The van der Waals surface area contributed by atoms with Gasteiger partial charge in [0.2, 0.25) is 11.8 Å². The van der Waals surface area contributed by atoms with E-state index in [1.807, 2.05) is 30.3 Å². The molecular weight excluding hydrogens is 713 g/mol. The van der Waals surface area contributed by atoms with Gasteiger partial charge >= 0.3 is 0 Å². The second-order valence-corrected chi connectivity index (χ2v) is 17.3. The number of phenols is 1. The Balaban J connectivity index is 0.781. The zero-order valence-electron chi connectivity index (χ0n) is 33.1. The fourth-order valence-electron chi connectivity index (χ4n) is 10.3. The Kier molecular flexibility index (Phi) is 10.3. The quantitative estimate of drug-likeness (QED) is 0.161. The monoisotopic (exact) mass is 766 g/mol. The highest BCUT2D eigenvalue weighted by molar-refractivity contribution is 6.05. The number of rotatable bonds is 10. The number of aryl methyl sites for hydroxylation is 1. The fraction of sp³-hybridized carbons (Fsp3) is 0.438. The molecule has 0 bridgehead atoms. The lowest BCUT2D eigenvalue weighted by molar-refractivity contribution is -0.136. The van der Waals surface area contributed by atoms with Crippen molar-refractivity contribution in [3.63, 3.8) is 0 Å². The van der Waals surface area contributed by atoms with Crippen molar-refractivity contribution in [2.24, 2.45) is 5.92 Å². The molecule has 5 aliphatic rings. The van der Waals surface area contributed by atoms with E-state index in [4.69, 9.17) is 4.74 Å². The number of ether oxygens (including phenoxy) is 1. The number of amides is 3. The largest absolute Gasteiger partial charge is 0.508 e. The molecule has 9 heteroatoms. The van der Waals surface area contributed by atoms with Gasteiger partial charge in [-0.25, -0.2) is 0 Å². The molecule has 3 fully saturated rings. The predicted octanol–water partition coefficient (Wildman–Crippen LogP) is 7.55. The molecule has 0 radical (unpaired) electrons. The molecule has 2 saturated heterocycles. The summed E-state index contributed by atoms with van der Waals surface area (Å²) >= 11 is 0. The lowest BCUT2D eigenvalue weighted by Crippen LogP contribution is -2.53. The van der Waals surface area contributed by atoms with Crippen molar-refractivity contribution in [1.29, 1.82) is 0 Å². The number of nitrogens with one attached hydrogen (secondary N) is 1. The molecule has 3 atom stereocenters. The van der Waals surface area contributed by atoms with Crippen LogP contribution in [0, 0.1) is 5.92 Å². The lowest BCUT2D eigenvalue weighted by atomic mass is 9.69. The molecule has 3 heterocycles. The van der Waals surface area contributed by atoms with Gasteiger partial charge in [0, 0.05) is 74.7 Å². The smallest absolute Gasteiger partial charge is 0.255 e. The topological polar surface area (TPSA) is 102 Å². The molecule has 4 aromatic carbocycles. The highest BCUT2D eigenvalue weighted by Crippen LogP contribution is 2.47. The lowest BCUT2D eigenvalue weighted by Gasteiger charge is -2.46. The number of carbonyl (C=O) groups is 3. The standard InChI is InChI=1S/C48H54N4O5/c1-30(2)51(37-26-40(27-37)57-39-14-17-43-35(25-39)29-52(48(43)56)44-18-19-45(54)49-47(44)55)28-31-20-22-50(23-21-31)36-11-8-33(9-12-36)46-41(32-6-4-3-5-7-32)15-10-34-24-38(53)13-16-42(34)46/h3-9,11-14,16-17,24-25,30-31,37,40-41,44,46,53H,10,15,18-23,26-29H2,1-2H3,(H,49,54,55)/t37-,40-,41?,44?,46?. The van der Waals surface area contributed by atoms with Gasteiger partial charge in [-0.1, -0.05) is 48.5 Å². The van der Waals surface area contributed by atoms with Crippen LogP contribution in [0.1, 0.15) is 109 Å². The predicted molar refractivity (Wildman–Crippen MR) is 221 cm³/mol. The van der Waals surface area contributed by atoms with E-state index in [2.05, 4.69) is 89.6 Å². The van der Waals surface area contributed by atoms with Gasteiger partial charge in [0.15, 0.2) is 0 Å². The number of hydrogen-bond donors (Lipinski definition) is 2. The van der Waals surface area contributed by atoms with Crippen LogP contribution in [0.15, 0.2) is 91.0 Å². The van der Waals surface area contributed by atoms with E-state index in [0.717, 1.165) is 56.6 Å². The second kappa shape index (κ2) is 15.7. The number of aromatic hydroxyl groups is 1. The second-order valence-electron chi connectivity index (χ2n) is 17.3. The molecule has 2 N–H and O–H groups in total. The van der Waals surface area contributed by atoms with Crippen LogP contribution in [0.3, 0.4) is 0 Å². The first-order valence-electron chi connectivity index (χ1n) is 21.1. The molecule has 3 amide bonds. The number of benzene rings is 4. The minimum atomic E-state index is -0.614. The fourth-order valence-corrected chi connectivity index (χ4v) is 10.3. The summed E-state index contributed by atoms with van der Waals surface area (Å²) in [6.45, 7) is 8.21. The normalized spacial score (nSPS) is 25.0. The average molecular weight is 767 g/mol. The molecule has 296 valence electrons. The van der Waals surface area contributed by atoms with E-state index in [1.165, 1.54) is 40.8 Å². The van der Waals surface area contributed by atoms with Gasteiger partial charge in [-0.2, -0.15) is 0 Å². The average Bonchev–Trinajstić information content (AvgIpc) is 3.53. The van der Waals surface area contributed by atoms with Crippen LogP contribution in [0.2, 0.25) is 0 Å². The molecule has 3 aliphatic heterocycles. The molecule has 1 saturated carbocycles. The third-order valence-electron chi connectivity index (χ3n) is 13.5. The zero-order valence-corrected chi connectivity index (χ0v) is 33.1. The summed E-state index contributed by atoms with van der Waals surface area (Å²) in [5, 5.41) is 12.6. The van der Waals surface area contributed by atoms with E-state index in [0.29, 0.717) is 48.2 Å². The van der Waals surface area contributed by atoms with E-state index in [-0.39, 0.29) is 30.3 Å². The maximum atomic E-state index is 13.1. The Labute approximate surface area is 336 Å². The summed E-state index contributed by atoms with van der Waals surface area (Å²) in [5.41, 5.74) is 8.10. The zero-order chi connectivity index (χ0) is 39.2. The number of anilines is 1. The Bertz CT molecular complexity index is 2120. The molecule has 2 aliphatic carbocycles. The highest BCUT2D eigenvalue weighted by Gasteiger charge is 2.41. The van der Waals surface area contributed by atoms with E-state index in [1.54, 1.807) is 4.90 Å². The molecule has 57 heavy (non-hydrogen) atoms. The minimum absolute atomic E-state index is 0.139. The summed E-state index contributed by atoms with van der Waals surface area (Å²) in [5.74, 6) is 1.60. The van der Waals surface area contributed by atoms with Crippen LogP contribution in [-0.4, -0.2) is 76.5 Å². The molecule has 0 spiro atoms. The van der Waals surface area contributed by atoms with Crippen molar-refractivity contribution >= 4 is 23.4 Å². The summed E-state index contributed by atoms with van der Waals surface area (Å²) < 4.78 is 6.44. The highest BCUT2D eigenvalue weighted by atomic mass is 16.5. The van der Waals surface area contributed by atoms with Gasteiger partial charge in [0.05, 0.1) is 0 Å². The van der Waals surface area contributed by atoms with Crippen molar-refractivity contribution in [2.45, 2.75) is 108 Å². The number of phenolic OH excluding ortho intramolecular Hbond substituents is 1. The van der Waals surface area contributed by atoms with Gasteiger partial charge in [-0.15, -0.1) is 0 Å². The summed E-state index contributed by atoms with van der Waals surface area (Å²) in [7, 11) is 0. The summed E-state index contributed by atoms with van der Waals surface area (Å²) in [6, 6.07) is 32.2. The number of piperidine rings is 2. The third kappa shape index (κ3) is 7.54. The summed E-state index contributed by atoms with van der Waals surface area (Å²) in [6.07, 6.45) is 7.11. The van der Waals surface area contributed by atoms with Crippen molar-refractivity contribution in [3.05, 3.63) is 124 Å². The summed E-state index contributed by atoms with van der Waals surface area (Å²) in [4.78, 5) is 44.1. The number of fused-ring (bicyclic) bond motifs is 2. The molecule has 9 rings (SSSR count). The van der Waals surface area contributed by atoms with Crippen molar-refractivity contribution < 1.29 is 24.2 Å². The first kappa shape index (κ1) is 37.4. The van der Waals surface area contributed by atoms with Gasteiger partial charge in [0.1, 0.15) is 23.6 Å². The Morgan fingerprint density at radius 2 is 1.60 bits per heavy atom. The SMILES string of the molecule is CC(C)N(CC1CCN(c2ccc(C3c4ccc(O)cc4CCC3c3ccccc3)cc2)CC1)[C@H]1C[C@H](Oc2ccc3c(c2)CN(C2CCC(=O)NC2=O)C3=O)C1. The number of nitrogens with zero attached hydrogens (tertiary/aromatic N) is 3. The molecule has 0 aromatic heterocycles. The number of carbonyl (C=O) groups excluding carboxylic acids is 3. The molecular formula is C48H54N4O5. The van der Waals surface area contributed by atoms with E-state index >= 15 is 0 Å². The van der Waals surface area contributed by atoms with Crippen LogP contribution in [0.25, 0.3) is 0 Å². The Hall–Kier alpha value is -5.15. The first-order valence-corrected chi connectivity index (χ1v) is 21.1. The van der Waals surface area contributed by atoms with Gasteiger partial charge in [0.25, 0.3) is 5.91 Å². The van der Waals surface area contributed by atoms with Crippen molar-refractivity contribution in [2.75, 3.05) is 24.5 Å². The van der Waals surface area contributed by atoms with Crippen LogP contribution in [0.4, 0.5) is 5.69 Å².